The van der Waals surface area contributed by atoms with E-state index in [0.29, 0.717) is 25.9 Å². The first kappa shape index (κ1) is 23.3. The fraction of sp³-hybridized carbons (Fsp3) is 0.682. The van der Waals surface area contributed by atoms with Crippen LogP contribution in [0.3, 0.4) is 0 Å². The molecule has 29 heavy (non-hydrogen) atoms. The Morgan fingerprint density at radius 3 is 2.72 bits per heavy atom. The molecule has 7 nitrogen and oxygen atoms in total. The van der Waals surface area contributed by atoms with E-state index < -0.39 is 0 Å². The van der Waals surface area contributed by atoms with Gasteiger partial charge in [0.2, 0.25) is 11.8 Å². The van der Waals surface area contributed by atoms with Gasteiger partial charge in [-0.2, -0.15) is 0 Å². The third-order valence-electron chi connectivity index (χ3n) is 5.65. The van der Waals surface area contributed by atoms with Crippen molar-refractivity contribution in [2.24, 2.45) is 5.92 Å². The Hall–Kier alpha value is -1.99. The summed E-state index contributed by atoms with van der Waals surface area (Å²) in [6.07, 6.45) is 6.59. The zero-order chi connectivity index (χ0) is 20.9. The van der Waals surface area contributed by atoms with Gasteiger partial charge in [-0.25, -0.2) is 0 Å². The molecular formula is C22H37N5O2. The van der Waals surface area contributed by atoms with Crippen LogP contribution in [-0.4, -0.2) is 72.4 Å². The van der Waals surface area contributed by atoms with Gasteiger partial charge in [0.1, 0.15) is 0 Å². The molecule has 1 fully saturated rings. The van der Waals surface area contributed by atoms with Crippen LogP contribution in [0.5, 0.6) is 0 Å². The quantitative estimate of drug-likeness (QED) is 0.690. The van der Waals surface area contributed by atoms with Gasteiger partial charge in [-0.1, -0.05) is 13.8 Å². The molecule has 2 rings (SSSR count). The Kier molecular flexibility index (Phi) is 10.7. The number of hydrogen-bond donors (Lipinski definition) is 2. The fourth-order valence-electron chi connectivity index (χ4n) is 3.74. The number of amides is 2. The summed E-state index contributed by atoms with van der Waals surface area (Å²) >= 11 is 0. The van der Waals surface area contributed by atoms with E-state index in [9.17, 15) is 9.59 Å². The molecule has 1 unspecified atom stereocenters. The summed E-state index contributed by atoms with van der Waals surface area (Å²) in [5, 5.41) is 6.08. The Bertz CT molecular complexity index is 606. The van der Waals surface area contributed by atoms with Crippen LogP contribution >= 0.6 is 0 Å². The molecule has 2 N–H and O–H groups in total. The van der Waals surface area contributed by atoms with E-state index in [1.807, 2.05) is 12.1 Å². The van der Waals surface area contributed by atoms with Crippen LogP contribution in [0.2, 0.25) is 0 Å². The van der Waals surface area contributed by atoms with E-state index in [2.05, 4.69) is 39.3 Å². The summed E-state index contributed by atoms with van der Waals surface area (Å²) in [6, 6.07) is 4.02. The highest BCUT2D eigenvalue weighted by Gasteiger charge is 2.20. The lowest BCUT2D eigenvalue weighted by atomic mass is 9.98. The second kappa shape index (κ2) is 13.3. The van der Waals surface area contributed by atoms with Crippen LogP contribution in [-0.2, 0) is 16.1 Å². The first-order valence-corrected chi connectivity index (χ1v) is 11.0. The summed E-state index contributed by atoms with van der Waals surface area (Å²) < 4.78 is 0. The van der Waals surface area contributed by atoms with Crippen molar-refractivity contribution in [1.29, 1.82) is 0 Å². The summed E-state index contributed by atoms with van der Waals surface area (Å²) in [4.78, 5) is 33.5. The number of nitrogens with one attached hydrogen (secondary N) is 2. The maximum atomic E-state index is 12.7. The van der Waals surface area contributed by atoms with Crippen molar-refractivity contribution in [3.05, 3.63) is 30.1 Å². The minimum absolute atomic E-state index is 0.0483. The Morgan fingerprint density at radius 1 is 1.24 bits per heavy atom. The summed E-state index contributed by atoms with van der Waals surface area (Å²) in [6.45, 7) is 10.8. The number of aromatic nitrogens is 1. The van der Waals surface area contributed by atoms with Crippen LogP contribution in [0, 0.1) is 5.92 Å². The third kappa shape index (κ3) is 8.92. The number of carbonyl (C=O) groups is 2. The van der Waals surface area contributed by atoms with Gasteiger partial charge in [0.05, 0.1) is 0 Å². The van der Waals surface area contributed by atoms with Crippen molar-refractivity contribution >= 4 is 11.8 Å². The zero-order valence-electron chi connectivity index (χ0n) is 18.0. The molecule has 1 atom stereocenters. The van der Waals surface area contributed by atoms with Gasteiger partial charge in [-0.15, -0.1) is 0 Å². The molecule has 0 aliphatic carbocycles. The van der Waals surface area contributed by atoms with Crippen molar-refractivity contribution < 1.29 is 9.59 Å². The van der Waals surface area contributed by atoms with E-state index in [1.54, 1.807) is 12.4 Å². The summed E-state index contributed by atoms with van der Waals surface area (Å²) in [7, 11) is 0. The molecule has 1 aromatic heterocycles. The van der Waals surface area contributed by atoms with Crippen LogP contribution in [0.1, 0.15) is 45.1 Å². The number of hydrogen-bond acceptors (Lipinski definition) is 5. The van der Waals surface area contributed by atoms with E-state index in [4.69, 9.17) is 0 Å². The largest absolute Gasteiger partial charge is 0.356 e. The van der Waals surface area contributed by atoms with Crippen molar-refractivity contribution in [2.45, 2.75) is 46.1 Å². The third-order valence-corrected chi connectivity index (χ3v) is 5.65. The number of likely N-dealkylation sites (N-methyl/N-ethyl adjacent to an activating group) is 1. The lowest BCUT2D eigenvalue weighted by Gasteiger charge is -2.23. The van der Waals surface area contributed by atoms with Gasteiger partial charge in [0.15, 0.2) is 0 Å². The lowest BCUT2D eigenvalue weighted by molar-refractivity contribution is -0.126. The maximum absolute atomic E-state index is 12.7. The molecule has 7 heteroatoms. The standard InChI is InChI=1S/C22H37N5O2/c1-3-26(4-2)17-14-25-22(29)20-6-5-15-27(16-10-21(28)24-13-9-20)18-19-7-11-23-12-8-19/h7-8,11-12,20H,3-6,9-10,13-18H2,1-2H3,(H,24,28)(H,25,29). The maximum Gasteiger partial charge on any atom is 0.223 e. The second-order valence-electron chi connectivity index (χ2n) is 7.68. The minimum Gasteiger partial charge on any atom is -0.356 e. The average Bonchev–Trinajstić information content (AvgIpc) is 2.77. The predicted molar refractivity (Wildman–Crippen MR) is 115 cm³/mol. The molecule has 2 amide bonds. The molecule has 1 saturated heterocycles. The van der Waals surface area contributed by atoms with E-state index in [0.717, 1.165) is 52.1 Å². The smallest absolute Gasteiger partial charge is 0.223 e. The Balaban J connectivity index is 1.88. The molecular weight excluding hydrogens is 366 g/mol. The highest BCUT2D eigenvalue weighted by atomic mass is 16.2. The molecule has 2 heterocycles. The Labute approximate surface area is 175 Å². The van der Waals surface area contributed by atoms with Crippen LogP contribution in [0.25, 0.3) is 0 Å². The molecule has 1 aliphatic heterocycles. The van der Waals surface area contributed by atoms with E-state index in [1.165, 1.54) is 5.56 Å². The van der Waals surface area contributed by atoms with Crippen LogP contribution in [0.4, 0.5) is 0 Å². The van der Waals surface area contributed by atoms with Crippen LogP contribution < -0.4 is 10.6 Å². The highest BCUT2D eigenvalue weighted by Crippen LogP contribution is 2.14. The predicted octanol–water partition coefficient (Wildman–Crippen LogP) is 1.65. The van der Waals surface area contributed by atoms with E-state index >= 15 is 0 Å². The lowest BCUT2D eigenvalue weighted by Crippen LogP contribution is -2.38. The van der Waals surface area contributed by atoms with Gasteiger partial charge in [0, 0.05) is 57.5 Å². The highest BCUT2D eigenvalue weighted by molar-refractivity contribution is 5.79. The molecule has 0 aromatic carbocycles. The average molecular weight is 404 g/mol. The number of carbonyl (C=O) groups excluding carboxylic acids is 2. The van der Waals surface area contributed by atoms with Crippen LogP contribution in [0.15, 0.2) is 24.5 Å². The van der Waals surface area contributed by atoms with Crippen molar-refractivity contribution in [3.63, 3.8) is 0 Å². The first-order valence-electron chi connectivity index (χ1n) is 11.0. The van der Waals surface area contributed by atoms with Gasteiger partial charge in [0.25, 0.3) is 0 Å². The van der Waals surface area contributed by atoms with Crippen molar-refractivity contribution in [3.8, 4) is 0 Å². The summed E-state index contributed by atoms with van der Waals surface area (Å²) in [5.74, 6) is 0.131. The van der Waals surface area contributed by atoms with Crippen molar-refractivity contribution in [2.75, 3.05) is 45.8 Å². The molecule has 162 valence electrons. The summed E-state index contributed by atoms with van der Waals surface area (Å²) in [5.41, 5.74) is 1.20. The van der Waals surface area contributed by atoms with Gasteiger partial charge >= 0.3 is 0 Å². The molecule has 0 radical (unpaired) electrons. The molecule has 0 spiro atoms. The molecule has 0 saturated carbocycles. The number of pyridine rings is 1. The normalized spacial score (nSPS) is 19.4. The minimum atomic E-state index is -0.0483. The van der Waals surface area contributed by atoms with E-state index in [-0.39, 0.29) is 17.7 Å². The Morgan fingerprint density at radius 2 is 2.00 bits per heavy atom. The van der Waals surface area contributed by atoms with Gasteiger partial charge in [-0.3, -0.25) is 19.5 Å². The fourth-order valence-corrected chi connectivity index (χ4v) is 3.74. The molecule has 0 bridgehead atoms. The molecule has 1 aromatic rings. The second-order valence-corrected chi connectivity index (χ2v) is 7.68. The number of nitrogens with zero attached hydrogens (tertiary/aromatic N) is 3. The first-order chi connectivity index (χ1) is 14.1. The van der Waals surface area contributed by atoms with Gasteiger partial charge < -0.3 is 15.5 Å². The monoisotopic (exact) mass is 403 g/mol. The number of rotatable bonds is 8. The SMILES string of the molecule is CCN(CC)CCNC(=O)C1CCCN(Cc2ccncc2)CCC(=O)NCC1. The van der Waals surface area contributed by atoms with Gasteiger partial charge in [-0.05, 0) is 56.6 Å². The zero-order valence-corrected chi connectivity index (χ0v) is 18.0. The molecule has 1 aliphatic rings. The topological polar surface area (TPSA) is 77.6 Å². The van der Waals surface area contributed by atoms with Crippen molar-refractivity contribution in [1.82, 2.24) is 25.4 Å².